The van der Waals surface area contributed by atoms with Crippen molar-refractivity contribution < 1.29 is 4.92 Å². The SMILES string of the molecule is O=[N+]([O-])c1ccc2ccccc2c1N(Cl)c1ccccc1. The first-order chi connectivity index (χ1) is 10.2. The number of fused-ring (bicyclic) bond motifs is 1. The summed E-state index contributed by atoms with van der Waals surface area (Å²) in [6.45, 7) is 0. The number of nitrogens with zero attached hydrogens (tertiary/aromatic N) is 2. The zero-order chi connectivity index (χ0) is 14.8. The summed E-state index contributed by atoms with van der Waals surface area (Å²) in [5.41, 5.74) is 1.04. The summed E-state index contributed by atoms with van der Waals surface area (Å²) in [7, 11) is 0. The number of hydrogen-bond donors (Lipinski definition) is 0. The smallest absolute Gasteiger partial charge is 0.258 e. The van der Waals surface area contributed by atoms with Crippen molar-refractivity contribution in [1.82, 2.24) is 0 Å². The molecule has 3 rings (SSSR count). The number of rotatable bonds is 3. The third-order valence-corrected chi connectivity index (χ3v) is 3.62. The lowest BCUT2D eigenvalue weighted by molar-refractivity contribution is -0.383. The fraction of sp³-hybridized carbons (Fsp3) is 0. The van der Waals surface area contributed by atoms with Crippen LogP contribution in [-0.2, 0) is 0 Å². The average molecular weight is 299 g/mol. The lowest BCUT2D eigenvalue weighted by Crippen LogP contribution is -2.05. The summed E-state index contributed by atoms with van der Waals surface area (Å²) in [6.07, 6.45) is 0. The summed E-state index contributed by atoms with van der Waals surface area (Å²) in [5, 5.41) is 13.0. The van der Waals surface area contributed by atoms with E-state index in [-0.39, 0.29) is 5.69 Å². The van der Waals surface area contributed by atoms with Gasteiger partial charge in [0.1, 0.15) is 5.69 Å². The second-order valence-electron chi connectivity index (χ2n) is 4.53. The van der Waals surface area contributed by atoms with Gasteiger partial charge in [-0.25, -0.2) is 4.42 Å². The van der Waals surface area contributed by atoms with Gasteiger partial charge in [0.05, 0.1) is 10.6 Å². The minimum Gasteiger partial charge on any atom is -0.258 e. The van der Waals surface area contributed by atoms with Crippen molar-refractivity contribution in [3.8, 4) is 0 Å². The van der Waals surface area contributed by atoms with E-state index >= 15 is 0 Å². The van der Waals surface area contributed by atoms with E-state index in [1.807, 2.05) is 42.5 Å². The van der Waals surface area contributed by atoms with E-state index in [9.17, 15) is 10.1 Å². The van der Waals surface area contributed by atoms with Crippen molar-refractivity contribution in [3.05, 3.63) is 76.8 Å². The number of anilines is 2. The van der Waals surface area contributed by atoms with Crippen LogP contribution in [-0.4, -0.2) is 4.92 Å². The van der Waals surface area contributed by atoms with Crippen LogP contribution >= 0.6 is 11.8 Å². The average Bonchev–Trinajstić information content (AvgIpc) is 2.53. The molecule has 0 bridgehead atoms. The van der Waals surface area contributed by atoms with Crippen LogP contribution in [0.4, 0.5) is 17.1 Å². The van der Waals surface area contributed by atoms with E-state index in [1.54, 1.807) is 18.2 Å². The minimum atomic E-state index is -0.417. The van der Waals surface area contributed by atoms with Crippen molar-refractivity contribution in [1.29, 1.82) is 0 Å². The number of halogens is 1. The molecule has 0 aliphatic rings. The fourth-order valence-corrected chi connectivity index (χ4v) is 2.58. The van der Waals surface area contributed by atoms with Gasteiger partial charge >= 0.3 is 0 Å². The Hall–Kier alpha value is -2.59. The summed E-state index contributed by atoms with van der Waals surface area (Å²) >= 11 is 6.39. The van der Waals surface area contributed by atoms with Gasteiger partial charge < -0.3 is 0 Å². The Bertz CT molecular complexity index is 806. The Kier molecular flexibility index (Phi) is 3.46. The maximum atomic E-state index is 11.3. The summed E-state index contributed by atoms with van der Waals surface area (Å²) in [5.74, 6) is 0. The van der Waals surface area contributed by atoms with Crippen LogP contribution in [0, 0.1) is 10.1 Å². The lowest BCUT2D eigenvalue weighted by atomic mass is 10.1. The van der Waals surface area contributed by atoms with Gasteiger partial charge in [0.25, 0.3) is 5.69 Å². The molecule has 4 nitrogen and oxygen atoms in total. The molecule has 0 spiro atoms. The second-order valence-corrected chi connectivity index (χ2v) is 4.87. The van der Waals surface area contributed by atoms with Crippen molar-refractivity contribution in [2.24, 2.45) is 0 Å². The Morgan fingerprint density at radius 2 is 1.57 bits per heavy atom. The maximum Gasteiger partial charge on any atom is 0.294 e. The lowest BCUT2D eigenvalue weighted by Gasteiger charge is -2.18. The summed E-state index contributed by atoms with van der Waals surface area (Å²) in [6, 6.07) is 19.8. The van der Waals surface area contributed by atoms with Crippen molar-refractivity contribution in [3.63, 3.8) is 0 Å². The molecule has 5 heteroatoms. The highest BCUT2D eigenvalue weighted by Gasteiger charge is 2.22. The first kappa shape index (κ1) is 13.4. The topological polar surface area (TPSA) is 46.4 Å². The van der Waals surface area contributed by atoms with Gasteiger partial charge in [-0.3, -0.25) is 10.1 Å². The van der Waals surface area contributed by atoms with E-state index in [4.69, 9.17) is 11.8 Å². The first-order valence-corrected chi connectivity index (χ1v) is 6.69. The van der Waals surface area contributed by atoms with Crippen LogP contribution in [0.25, 0.3) is 10.8 Å². The molecule has 0 N–H and O–H groups in total. The van der Waals surface area contributed by atoms with E-state index in [2.05, 4.69) is 0 Å². The highest BCUT2D eigenvalue weighted by atomic mass is 35.5. The maximum absolute atomic E-state index is 11.3. The number of nitro groups is 1. The van der Waals surface area contributed by atoms with Crippen LogP contribution in [0.15, 0.2) is 66.7 Å². The molecular weight excluding hydrogens is 288 g/mol. The summed E-state index contributed by atoms with van der Waals surface area (Å²) < 4.78 is 1.33. The zero-order valence-corrected chi connectivity index (χ0v) is 11.7. The quantitative estimate of drug-likeness (QED) is 0.386. The van der Waals surface area contributed by atoms with Crippen LogP contribution in [0.2, 0.25) is 0 Å². The monoisotopic (exact) mass is 298 g/mol. The number of para-hydroxylation sites is 1. The molecule has 0 amide bonds. The molecule has 0 saturated carbocycles. The molecule has 0 aliphatic carbocycles. The van der Waals surface area contributed by atoms with Crippen LogP contribution < -0.4 is 4.42 Å². The van der Waals surface area contributed by atoms with Gasteiger partial charge in [0.2, 0.25) is 0 Å². The number of hydrogen-bond acceptors (Lipinski definition) is 3. The first-order valence-electron chi connectivity index (χ1n) is 6.35. The Balaban J connectivity index is 2.28. The van der Waals surface area contributed by atoms with Gasteiger partial charge in [-0.15, -0.1) is 0 Å². The van der Waals surface area contributed by atoms with Crippen LogP contribution in [0.3, 0.4) is 0 Å². The highest BCUT2D eigenvalue weighted by Crippen LogP contribution is 2.40. The van der Waals surface area contributed by atoms with Gasteiger partial charge in [0, 0.05) is 23.2 Å². The van der Waals surface area contributed by atoms with E-state index in [0.717, 1.165) is 10.8 Å². The predicted molar refractivity (Wildman–Crippen MR) is 85.0 cm³/mol. The molecule has 21 heavy (non-hydrogen) atoms. The molecule has 0 saturated heterocycles. The standard InChI is InChI=1S/C16H11ClN2O2/c17-18(13-7-2-1-3-8-13)16-14-9-5-4-6-12(14)10-11-15(16)19(20)21/h1-11H. The predicted octanol–water partition coefficient (Wildman–Crippen LogP) is 5.04. The van der Waals surface area contributed by atoms with Gasteiger partial charge in [-0.1, -0.05) is 42.5 Å². The second kappa shape index (κ2) is 5.42. The molecule has 104 valence electrons. The van der Waals surface area contributed by atoms with E-state index in [1.165, 1.54) is 10.5 Å². The normalized spacial score (nSPS) is 10.5. The zero-order valence-electron chi connectivity index (χ0n) is 10.9. The van der Waals surface area contributed by atoms with E-state index in [0.29, 0.717) is 11.4 Å². The van der Waals surface area contributed by atoms with Gasteiger partial charge in [-0.2, -0.15) is 0 Å². The Morgan fingerprint density at radius 3 is 2.29 bits per heavy atom. The van der Waals surface area contributed by atoms with Gasteiger partial charge in [0.15, 0.2) is 0 Å². The number of benzene rings is 3. The third kappa shape index (κ3) is 2.41. The molecule has 0 atom stereocenters. The molecular formula is C16H11ClN2O2. The minimum absolute atomic E-state index is 0.0208. The molecule has 3 aromatic carbocycles. The third-order valence-electron chi connectivity index (χ3n) is 3.26. The largest absolute Gasteiger partial charge is 0.294 e. The van der Waals surface area contributed by atoms with Crippen LogP contribution in [0.1, 0.15) is 0 Å². The molecule has 0 aromatic heterocycles. The number of nitro benzene ring substituents is 1. The summed E-state index contributed by atoms with van der Waals surface area (Å²) in [4.78, 5) is 10.9. The molecule has 0 radical (unpaired) electrons. The highest BCUT2D eigenvalue weighted by molar-refractivity contribution is 6.32. The Labute approximate surface area is 126 Å². The molecule has 0 aliphatic heterocycles. The van der Waals surface area contributed by atoms with Crippen LogP contribution in [0.5, 0.6) is 0 Å². The fourth-order valence-electron chi connectivity index (χ4n) is 2.29. The van der Waals surface area contributed by atoms with Gasteiger partial charge in [-0.05, 0) is 23.6 Å². The molecule has 0 heterocycles. The van der Waals surface area contributed by atoms with E-state index < -0.39 is 4.92 Å². The Morgan fingerprint density at radius 1 is 0.905 bits per heavy atom. The molecule has 0 unspecified atom stereocenters. The van der Waals surface area contributed by atoms with Crippen molar-refractivity contribution >= 4 is 39.6 Å². The molecule has 0 fully saturated rings. The molecule has 3 aromatic rings. The van der Waals surface area contributed by atoms with Crippen molar-refractivity contribution in [2.75, 3.05) is 4.42 Å². The van der Waals surface area contributed by atoms with Crippen molar-refractivity contribution in [2.45, 2.75) is 0 Å².